The minimum atomic E-state index is -1.46. The number of aldehydes is 1. The van der Waals surface area contributed by atoms with Crippen LogP contribution in [0.3, 0.4) is 0 Å². The Hall–Kier alpha value is -3.03. The molecule has 0 saturated carbocycles. The van der Waals surface area contributed by atoms with Crippen molar-refractivity contribution in [3.8, 4) is 0 Å². The Balaban J connectivity index is 2.55. The van der Waals surface area contributed by atoms with Crippen molar-refractivity contribution in [3.05, 3.63) is 36.0 Å². The summed E-state index contributed by atoms with van der Waals surface area (Å²) >= 11 is 0. The van der Waals surface area contributed by atoms with Gasteiger partial charge in [0, 0.05) is 23.0 Å². The number of para-hydroxylation sites is 1. The van der Waals surface area contributed by atoms with Crippen LogP contribution in [0.15, 0.2) is 30.5 Å². The lowest BCUT2D eigenvalue weighted by atomic mass is 9.79. The van der Waals surface area contributed by atoms with Crippen LogP contribution in [0.4, 0.5) is 9.59 Å². The van der Waals surface area contributed by atoms with Gasteiger partial charge >= 0.3 is 12.2 Å². The summed E-state index contributed by atoms with van der Waals surface area (Å²) in [7, 11) is 0. The topological polar surface area (TPSA) is 101 Å². The molecule has 32 heavy (non-hydrogen) atoms. The summed E-state index contributed by atoms with van der Waals surface area (Å²) in [6.45, 7) is 13.8. The van der Waals surface area contributed by atoms with Gasteiger partial charge in [-0.3, -0.25) is 0 Å². The van der Waals surface area contributed by atoms with Crippen LogP contribution >= 0.6 is 0 Å². The molecule has 0 aliphatic rings. The van der Waals surface area contributed by atoms with Crippen LogP contribution in [0.25, 0.3) is 10.9 Å². The maximum atomic E-state index is 13.2. The van der Waals surface area contributed by atoms with E-state index >= 15 is 0 Å². The van der Waals surface area contributed by atoms with Crippen molar-refractivity contribution >= 4 is 29.4 Å². The second-order valence-electron chi connectivity index (χ2n) is 10.0. The second-order valence-corrected chi connectivity index (χ2v) is 10.0. The SMILES string of the molecule is CC[C@H](c1c[nH]c2ccccc12)[C@@](C)(C=O)N(NC(=O)OC(C)(C)C)C(=O)OC(C)(C)C. The minimum absolute atomic E-state index is 0.446. The number of aromatic nitrogens is 1. The average Bonchev–Trinajstić information content (AvgIpc) is 3.07. The normalized spacial score (nSPS) is 14.9. The fraction of sp³-hybridized carbons (Fsp3) is 0.542. The Kier molecular flexibility index (Phi) is 7.27. The third-order valence-corrected chi connectivity index (χ3v) is 5.01. The van der Waals surface area contributed by atoms with Crippen LogP contribution in [-0.4, -0.2) is 45.2 Å². The molecule has 0 unspecified atom stereocenters. The van der Waals surface area contributed by atoms with Gasteiger partial charge in [-0.2, -0.15) is 0 Å². The van der Waals surface area contributed by atoms with Crippen LogP contribution in [-0.2, 0) is 14.3 Å². The van der Waals surface area contributed by atoms with Crippen LogP contribution in [0.1, 0.15) is 73.3 Å². The lowest BCUT2D eigenvalue weighted by Gasteiger charge is -2.42. The molecule has 2 amide bonds. The van der Waals surface area contributed by atoms with Crippen molar-refractivity contribution in [2.75, 3.05) is 0 Å². The van der Waals surface area contributed by atoms with Gasteiger partial charge in [0.1, 0.15) is 23.0 Å². The number of amides is 2. The van der Waals surface area contributed by atoms with E-state index in [0.717, 1.165) is 21.5 Å². The summed E-state index contributed by atoms with van der Waals surface area (Å²) in [5, 5.41) is 1.89. The standard InChI is InChI=1S/C24H35N3O5/c1-9-18(17-14-25-19-13-11-10-12-16(17)19)24(8,15-28)27(21(30)32-23(5,6)7)26-20(29)31-22(2,3)4/h10-15,18,25H,9H2,1-8H3,(H,26,29)/t18-,24-/m1/s1. The summed E-state index contributed by atoms with van der Waals surface area (Å²) in [5.41, 5.74) is 1.16. The summed E-state index contributed by atoms with van der Waals surface area (Å²) in [6, 6.07) is 7.72. The molecule has 0 radical (unpaired) electrons. The molecule has 0 aliphatic carbocycles. The minimum Gasteiger partial charge on any atom is -0.443 e. The Morgan fingerprint density at radius 3 is 2.19 bits per heavy atom. The summed E-state index contributed by atoms with van der Waals surface area (Å²) in [4.78, 5) is 41.6. The largest absolute Gasteiger partial charge is 0.443 e. The molecule has 176 valence electrons. The first-order chi connectivity index (χ1) is 14.7. The van der Waals surface area contributed by atoms with Crippen LogP contribution < -0.4 is 5.43 Å². The smallest absolute Gasteiger partial charge is 0.430 e. The number of rotatable bonds is 5. The Morgan fingerprint density at radius 2 is 1.66 bits per heavy atom. The molecule has 2 atom stereocenters. The monoisotopic (exact) mass is 445 g/mol. The fourth-order valence-electron chi connectivity index (χ4n) is 3.68. The zero-order valence-electron chi connectivity index (χ0n) is 20.2. The molecule has 2 N–H and O–H groups in total. The van der Waals surface area contributed by atoms with Crippen LogP contribution in [0.5, 0.6) is 0 Å². The van der Waals surface area contributed by atoms with E-state index in [0.29, 0.717) is 12.7 Å². The highest BCUT2D eigenvalue weighted by atomic mass is 16.6. The summed E-state index contributed by atoms with van der Waals surface area (Å²) in [6.07, 6.45) is 1.32. The number of carbonyl (C=O) groups is 3. The molecule has 0 bridgehead atoms. The number of H-pyrrole nitrogens is 1. The van der Waals surface area contributed by atoms with E-state index in [1.165, 1.54) is 0 Å². The molecule has 1 heterocycles. The van der Waals surface area contributed by atoms with Gasteiger partial charge in [-0.15, -0.1) is 0 Å². The maximum Gasteiger partial charge on any atom is 0.430 e. The van der Waals surface area contributed by atoms with E-state index in [4.69, 9.17) is 9.47 Å². The van der Waals surface area contributed by atoms with E-state index in [-0.39, 0.29) is 0 Å². The number of carbonyl (C=O) groups excluding carboxylic acids is 3. The van der Waals surface area contributed by atoms with E-state index in [2.05, 4.69) is 10.4 Å². The number of aromatic amines is 1. The van der Waals surface area contributed by atoms with Gasteiger partial charge in [-0.05, 0) is 66.5 Å². The summed E-state index contributed by atoms with van der Waals surface area (Å²) in [5.74, 6) is -0.446. The highest BCUT2D eigenvalue weighted by Crippen LogP contribution is 2.38. The van der Waals surface area contributed by atoms with E-state index in [9.17, 15) is 14.4 Å². The first-order valence-corrected chi connectivity index (χ1v) is 10.8. The van der Waals surface area contributed by atoms with Crippen LogP contribution in [0, 0.1) is 0 Å². The molecule has 8 heteroatoms. The van der Waals surface area contributed by atoms with E-state index < -0.39 is 34.8 Å². The molecular formula is C24H35N3O5. The van der Waals surface area contributed by atoms with Gasteiger partial charge in [0.2, 0.25) is 0 Å². The number of hydrogen-bond acceptors (Lipinski definition) is 5. The Morgan fingerprint density at radius 1 is 1.06 bits per heavy atom. The Labute approximate surface area is 189 Å². The van der Waals surface area contributed by atoms with Crippen molar-refractivity contribution in [2.45, 2.75) is 84.5 Å². The Bertz CT molecular complexity index is 970. The molecule has 2 rings (SSSR count). The number of hydrazine groups is 1. The van der Waals surface area contributed by atoms with Crippen molar-refractivity contribution < 1.29 is 23.9 Å². The highest BCUT2D eigenvalue weighted by Gasteiger charge is 2.46. The quantitative estimate of drug-likeness (QED) is 0.481. The lowest BCUT2D eigenvalue weighted by molar-refractivity contribution is -0.121. The van der Waals surface area contributed by atoms with E-state index in [1.54, 1.807) is 48.5 Å². The number of hydrogen-bond donors (Lipinski definition) is 2. The van der Waals surface area contributed by atoms with Gasteiger partial charge in [-0.1, -0.05) is 25.1 Å². The van der Waals surface area contributed by atoms with Gasteiger partial charge in [0.25, 0.3) is 0 Å². The number of nitrogens with zero attached hydrogens (tertiary/aromatic N) is 1. The van der Waals surface area contributed by atoms with Gasteiger partial charge in [0.05, 0.1) is 0 Å². The maximum absolute atomic E-state index is 13.2. The van der Waals surface area contributed by atoms with Crippen molar-refractivity contribution in [1.29, 1.82) is 0 Å². The van der Waals surface area contributed by atoms with Crippen molar-refractivity contribution in [1.82, 2.24) is 15.4 Å². The third-order valence-electron chi connectivity index (χ3n) is 5.01. The van der Waals surface area contributed by atoms with E-state index in [1.807, 2.05) is 37.4 Å². The van der Waals surface area contributed by atoms with Gasteiger partial charge in [0.15, 0.2) is 0 Å². The fourth-order valence-corrected chi connectivity index (χ4v) is 3.68. The molecule has 0 saturated heterocycles. The first-order valence-electron chi connectivity index (χ1n) is 10.8. The summed E-state index contributed by atoms with van der Waals surface area (Å²) < 4.78 is 10.9. The molecule has 0 spiro atoms. The molecule has 0 fully saturated rings. The zero-order chi connectivity index (χ0) is 24.3. The third kappa shape index (κ3) is 5.81. The van der Waals surface area contributed by atoms with Gasteiger partial charge in [-0.25, -0.2) is 20.0 Å². The molecule has 1 aromatic heterocycles. The number of fused-ring (bicyclic) bond motifs is 1. The van der Waals surface area contributed by atoms with Gasteiger partial charge < -0.3 is 19.3 Å². The highest BCUT2D eigenvalue weighted by molar-refractivity contribution is 5.86. The predicted molar refractivity (Wildman–Crippen MR) is 123 cm³/mol. The van der Waals surface area contributed by atoms with Crippen molar-refractivity contribution in [2.24, 2.45) is 0 Å². The number of benzene rings is 1. The second kappa shape index (κ2) is 9.22. The van der Waals surface area contributed by atoms with Crippen LogP contribution in [0.2, 0.25) is 0 Å². The molecule has 2 aromatic rings. The molecule has 0 aliphatic heterocycles. The van der Waals surface area contributed by atoms with Crippen molar-refractivity contribution in [3.63, 3.8) is 0 Å². The molecule has 1 aromatic carbocycles. The number of nitrogens with one attached hydrogen (secondary N) is 2. The average molecular weight is 446 g/mol. The zero-order valence-corrected chi connectivity index (χ0v) is 20.2. The first kappa shape index (κ1) is 25.2. The molecular weight excluding hydrogens is 410 g/mol. The molecule has 8 nitrogen and oxygen atoms in total. The lowest BCUT2D eigenvalue weighted by Crippen LogP contribution is -2.63. The predicted octanol–water partition coefficient (Wildman–Crippen LogP) is 5.30. The number of ether oxygens (including phenoxy) is 2.